The number of hydrogen-bond acceptors (Lipinski definition) is 3. The highest BCUT2D eigenvalue weighted by atomic mass is 35.5. The molecule has 0 aromatic heterocycles. The lowest BCUT2D eigenvalue weighted by Gasteiger charge is -2.09. The van der Waals surface area contributed by atoms with Crippen LogP contribution in [0, 0.1) is 0 Å². The Bertz CT molecular complexity index is 299. The second-order valence-electron chi connectivity index (χ2n) is 2.94. The molecule has 1 atom stereocenters. The molecule has 1 aromatic rings. The van der Waals surface area contributed by atoms with E-state index in [4.69, 9.17) is 21.4 Å². The Morgan fingerprint density at radius 3 is 2.71 bits per heavy atom. The molecule has 2 N–H and O–H groups in total. The molecule has 1 aromatic carbocycles. The van der Waals surface area contributed by atoms with E-state index in [-0.39, 0.29) is 13.2 Å². The third kappa shape index (κ3) is 2.87. The van der Waals surface area contributed by atoms with Gasteiger partial charge >= 0.3 is 0 Å². The Balaban J connectivity index is 2.79. The molecule has 0 saturated heterocycles. The van der Waals surface area contributed by atoms with Gasteiger partial charge in [-0.15, -0.1) is 0 Å². The first-order chi connectivity index (χ1) is 6.65. The van der Waals surface area contributed by atoms with E-state index >= 15 is 0 Å². The number of rotatable bonds is 4. The summed E-state index contributed by atoms with van der Waals surface area (Å²) in [6.45, 7) is 1.84. The van der Waals surface area contributed by atoms with Gasteiger partial charge in [0.15, 0.2) is 0 Å². The number of halogens is 1. The summed E-state index contributed by atoms with van der Waals surface area (Å²) in [5.74, 6) is 0.519. The molecule has 0 radical (unpaired) electrons. The molecule has 0 aliphatic rings. The van der Waals surface area contributed by atoms with Gasteiger partial charge in [0.25, 0.3) is 0 Å². The van der Waals surface area contributed by atoms with Crippen LogP contribution >= 0.6 is 11.6 Å². The van der Waals surface area contributed by atoms with Crippen LogP contribution in [0.5, 0.6) is 5.75 Å². The van der Waals surface area contributed by atoms with Crippen LogP contribution in [-0.2, 0) is 0 Å². The number of aliphatic hydroxyl groups excluding tert-OH is 2. The average molecular weight is 217 g/mol. The Morgan fingerprint density at radius 2 is 2.21 bits per heavy atom. The van der Waals surface area contributed by atoms with E-state index in [9.17, 15) is 5.11 Å². The molecular formula is C10H13ClO3. The van der Waals surface area contributed by atoms with E-state index in [1.54, 1.807) is 25.1 Å². The van der Waals surface area contributed by atoms with Gasteiger partial charge in [-0.1, -0.05) is 17.7 Å². The largest absolute Gasteiger partial charge is 0.490 e. The predicted molar refractivity (Wildman–Crippen MR) is 54.7 cm³/mol. The molecule has 1 unspecified atom stereocenters. The lowest BCUT2D eigenvalue weighted by atomic mass is 10.1. The van der Waals surface area contributed by atoms with Crippen molar-refractivity contribution >= 4 is 11.6 Å². The fraction of sp³-hybridized carbons (Fsp3) is 0.400. The summed E-state index contributed by atoms with van der Waals surface area (Å²) in [7, 11) is 0. The first-order valence-electron chi connectivity index (χ1n) is 4.36. The summed E-state index contributed by atoms with van der Waals surface area (Å²) in [5.41, 5.74) is 0.742. The van der Waals surface area contributed by atoms with Crippen LogP contribution in [0.3, 0.4) is 0 Å². The van der Waals surface area contributed by atoms with Crippen LogP contribution in [0.15, 0.2) is 18.2 Å². The number of hydrogen-bond donors (Lipinski definition) is 2. The van der Waals surface area contributed by atoms with Gasteiger partial charge in [0.1, 0.15) is 12.4 Å². The van der Waals surface area contributed by atoms with Crippen molar-refractivity contribution in [1.29, 1.82) is 0 Å². The molecule has 0 aliphatic heterocycles. The van der Waals surface area contributed by atoms with E-state index in [1.807, 2.05) is 0 Å². The maximum Gasteiger partial charge on any atom is 0.138 e. The molecule has 1 rings (SSSR count). The van der Waals surface area contributed by atoms with Crippen LogP contribution in [0.4, 0.5) is 0 Å². The van der Waals surface area contributed by atoms with Crippen molar-refractivity contribution in [1.82, 2.24) is 0 Å². The molecule has 78 valence electrons. The lowest BCUT2D eigenvalue weighted by molar-refractivity contribution is 0.196. The van der Waals surface area contributed by atoms with Gasteiger partial charge in [0, 0.05) is 0 Å². The van der Waals surface area contributed by atoms with E-state index in [0.717, 1.165) is 5.56 Å². The van der Waals surface area contributed by atoms with E-state index < -0.39 is 6.10 Å². The first-order valence-corrected chi connectivity index (χ1v) is 4.74. The van der Waals surface area contributed by atoms with Crippen molar-refractivity contribution in [3.05, 3.63) is 28.8 Å². The monoisotopic (exact) mass is 216 g/mol. The molecule has 0 spiro atoms. The summed E-state index contributed by atoms with van der Waals surface area (Å²) in [6.07, 6.45) is -0.542. The molecule has 0 aliphatic carbocycles. The number of aliphatic hydroxyl groups is 2. The van der Waals surface area contributed by atoms with Gasteiger partial charge in [0.05, 0.1) is 17.7 Å². The molecule has 0 saturated carbocycles. The molecule has 14 heavy (non-hydrogen) atoms. The quantitative estimate of drug-likeness (QED) is 0.807. The Morgan fingerprint density at radius 1 is 1.50 bits per heavy atom. The Labute approximate surface area is 87.9 Å². The minimum absolute atomic E-state index is 0.0471. The number of ether oxygens (including phenoxy) is 1. The van der Waals surface area contributed by atoms with E-state index in [0.29, 0.717) is 10.8 Å². The zero-order chi connectivity index (χ0) is 10.6. The molecular weight excluding hydrogens is 204 g/mol. The molecule has 0 bridgehead atoms. The lowest BCUT2D eigenvalue weighted by Crippen LogP contribution is -2.02. The third-order valence-electron chi connectivity index (χ3n) is 1.79. The van der Waals surface area contributed by atoms with Gasteiger partial charge in [-0.25, -0.2) is 0 Å². The normalized spacial score (nSPS) is 12.6. The minimum Gasteiger partial charge on any atom is -0.490 e. The Kier molecular flexibility index (Phi) is 4.20. The van der Waals surface area contributed by atoms with Crippen molar-refractivity contribution in [2.75, 3.05) is 13.2 Å². The maximum absolute atomic E-state index is 9.28. The Hall–Kier alpha value is -0.770. The van der Waals surface area contributed by atoms with E-state index in [1.165, 1.54) is 0 Å². The summed E-state index contributed by atoms with van der Waals surface area (Å²) in [4.78, 5) is 0. The highest BCUT2D eigenvalue weighted by Crippen LogP contribution is 2.27. The fourth-order valence-corrected chi connectivity index (χ4v) is 1.29. The summed E-state index contributed by atoms with van der Waals surface area (Å²) in [6, 6.07) is 5.07. The van der Waals surface area contributed by atoms with Crippen LogP contribution < -0.4 is 4.74 Å². The van der Waals surface area contributed by atoms with Crippen molar-refractivity contribution in [3.8, 4) is 5.75 Å². The summed E-state index contributed by atoms with van der Waals surface area (Å²) in [5, 5.41) is 18.3. The molecule has 0 fully saturated rings. The number of benzene rings is 1. The predicted octanol–water partition coefficient (Wildman–Crippen LogP) is 1.76. The van der Waals surface area contributed by atoms with Crippen molar-refractivity contribution in [2.45, 2.75) is 13.0 Å². The fourth-order valence-electron chi connectivity index (χ4n) is 1.05. The zero-order valence-corrected chi connectivity index (χ0v) is 8.66. The van der Waals surface area contributed by atoms with Crippen LogP contribution in [-0.4, -0.2) is 23.4 Å². The molecule has 3 nitrogen and oxygen atoms in total. The van der Waals surface area contributed by atoms with Crippen LogP contribution in [0.1, 0.15) is 18.6 Å². The van der Waals surface area contributed by atoms with Crippen LogP contribution in [0.25, 0.3) is 0 Å². The first kappa shape index (κ1) is 11.3. The molecule has 0 amide bonds. The van der Waals surface area contributed by atoms with Gasteiger partial charge in [-0.2, -0.15) is 0 Å². The molecule has 0 heterocycles. The van der Waals surface area contributed by atoms with Crippen molar-refractivity contribution in [2.24, 2.45) is 0 Å². The van der Waals surface area contributed by atoms with Crippen LogP contribution in [0.2, 0.25) is 5.02 Å². The standard InChI is InChI=1S/C10H13ClO3/c1-7(13)8-2-3-10(9(11)6-8)14-5-4-12/h2-3,6-7,12-13H,4-5H2,1H3. The van der Waals surface area contributed by atoms with Crippen molar-refractivity contribution < 1.29 is 14.9 Å². The average Bonchev–Trinajstić information content (AvgIpc) is 2.15. The maximum atomic E-state index is 9.28. The summed E-state index contributed by atoms with van der Waals surface area (Å²) >= 11 is 5.89. The highest BCUT2D eigenvalue weighted by molar-refractivity contribution is 6.32. The zero-order valence-electron chi connectivity index (χ0n) is 7.90. The summed E-state index contributed by atoms with van der Waals surface area (Å²) < 4.78 is 5.16. The highest BCUT2D eigenvalue weighted by Gasteiger charge is 2.05. The van der Waals surface area contributed by atoms with Gasteiger partial charge in [0.2, 0.25) is 0 Å². The van der Waals surface area contributed by atoms with Gasteiger partial charge in [-0.05, 0) is 24.6 Å². The van der Waals surface area contributed by atoms with Crippen molar-refractivity contribution in [3.63, 3.8) is 0 Å². The molecule has 4 heteroatoms. The topological polar surface area (TPSA) is 49.7 Å². The van der Waals surface area contributed by atoms with Gasteiger partial charge < -0.3 is 14.9 Å². The van der Waals surface area contributed by atoms with E-state index in [2.05, 4.69) is 0 Å². The van der Waals surface area contributed by atoms with Gasteiger partial charge in [-0.3, -0.25) is 0 Å². The minimum atomic E-state index is -0.542. The second kappa shape index (κ2) is 5.20. The smallest absolute Gasteiger partial charge is 0.138 e. The third-order valence-corrected chi connectivity index (χ3v) is 2.08. The SMILES string of the molecule is CC(O)c1ccc(OCCO)c(Cl)c1. The second-order valence-corrected chi connectivity index (χ2v) is 3.35.